The maximum absolute atomic E-state index is 13.0. The lowest BCUT2D eigenvalue weighted by atomic mass is 10.0. The van der Waals surface area contributed by atoms with Crippen molar-refractivity contribution in [2.75, 3.05) is 23.3 Å². The molecule has 122 valence electrons. The summed E-state index contributed by atoms with van der Waals surface area (Å²) in [6.07, 6.45) is 3.90. The summed E-state index contributed by atoms with van der Waals surface area (Å²) < 4.78 is 13.0. The summed E-state index contributed by atoms with van der Waals surface area (Å²) in [5, 5.41) is 3.48. The van der Waals surface area contributed by atoms with Gasteiger partial charge in [-0.2, -0.15) is 0 Å². The van der Waals surface area contributed by atoms with Crippen molar-refractivity contribution in [2.45, 2.75) is 18.9 Å². The van der Waals surface area contributed by atoms with Crippen molar-refractivity contribution in [3.63, 3.8) is 0 Å². The molecule has 0 saturated carbocycles. The Morgan fingerprint density at radius 2 is 1.67 bits per heavy atom. The van der Waals surface area contributed by atoms with E-state index in [0.717, 1.165) is 48.5 Å². The zero-order valence-electron chi connectivity index (χ0n) is 13.3. The molecule has 0 aliphatic carbocycles. The van der Waals surface area contributed by atoms with Gasteiger partial charge in [-0.1, -0.05) is 12.1 Å². The molecule has 1 N–H and O–H groups in total. The molecule has 0 bridgehead atoms. The number of nitrogens with one attached hydrogen (secondary N) is 1. The van der Waals surface area contributed by atoms with Gasteiger partial charge in [0.25, 0.3) is 0 Å². The third-order valence-corrected chi connectivity index (χ3v) is 4.47. The fourth-order valence-electron chi connectivity index (χ4n) is 3.13. The van der Waals surface area contributed by atoms with Crippen molar-refractivity contribution >= 4 is 22.5 Å². The minimum Gasteiger partial charge on any atom is -0.382 e. The van der Waals surface area contributed by atoms with Gasteiger partial charge in [-0.3, -0.25) is 4.98 Å². The Bertz CT molecular complexity index is 826. The average molecular weight is 322 g/mol. The van der Waals surface area contributed by atoms with Gasteiger partial charge in [0.1, 0.15) is 11.6 Å². The number of piperidine rings is 1. The van der Waals surface area contributed by atoms with E-state index in [2.05, 4.69) is 15.2 Å². The molecule has 0 radical (unpaired) electrons. The van der Waals surface area contributed by atoms with E-state index in [1.165, 1.54) is 12.1 Å². The first kappa shape index (κ1) is 14.9. The second-order valence-corrected chi connectivity index (χ2v) is 6.13. The van der Waals surface area contributed by atoms with Crippen molar-refractivity contribution in [3.05, 3.63) is 60.5 Å². The molecule has 1 aliphatic heterocycles. The molecule has 0 amide bonds. The monoisotopic (exact) mass is 322 g/mol. The molecule has 4 nitrogen and oxygen atoms in total. The fourth-order valence-corrected chi connectivity index (χ4v) is 3.13. The maximum atomic E-state index is 13.0. The Labute approximate surface area is 140 Å². The van der Waals surface area contributed by atoms with Crippen molar-refractivity contribution in [1.29, 1.82) is 0 Å². The summed E-state index contributed by atoms with van der Waals surface area (Å²) in [6.45, 7) is 1.87. The summed E-state index contributed by atoms with van der Waals surface area (Å²) in [6, 6.07) is 14.9. The number of anilines is 2. The number of hydrogen-bond acceptors (Lipinski definition) is 4. The van der Waals surface area contributed by atoms with Crippen LogP contribution in [0.2, 0.25) is 0 Å². The minimum absolute atomic E-state index is 0.203. The van der Waals surface area contributed by atoms with Crippen molar-refractivity contribution < 1.29 is 4.39 Å². The van der Waals surface area contributed by atoms with Gasteiger partial charge in [0, 0.05) is 24.8 Å². The molecular weight excluding hydrogens is 303 g/mol. The van der Waals surface area contributed by atoms with Crippen LogP contribution >= 0.6 is 0 Å². The van der Waals surface area contributed by atoms with Crippen LogP contribution in [-0.2, 0) is 0 Å². The Kier molecular flexibility index (Phi) is 3.99. The highest BCUT2D eigenvalue weighted by Gasteiger charge is 2.20. The third-order valence-electron chi connectivity index (χ3n) is 4.47. The maximum Gasteiger partial charge on any atom is 0.147 e. The average Bonchev–Trinajstić information content (AvgIpc) is 2.64. The lowest BCUT2D eigenvalue weighted by Crippen LogP contribution is -2.39. The van der Waals surface area contributed by atoms with Crippen LogP contribution in [-0.4, -0.2) is 29.1 Å². The second-order valence-electron chi connectivity index (χ2n) is 6.13. The molecule has 24 heavy (non-hydrogen) atoms. The van der Waals surface area contributed by atoms with E-state index in [4.69, 9.17) is 4.98 Å². The molecular formula is C19H19FN4. The van der Waals surface area contributed by atoms with E-state index in [1.807, 2.05) is 30.5 Å². The lowest BCUT2D eigenvalue weighted by Gasteiger charge is -2.33. The van der Waals surface area contributed by atoms with E-state index in [9.17, 15) is 4.39 Å². The minimum atomic E-state index is -0.203. The smallest absolute Gasteiger partial charge is 0.147 e. The predicted molar refractivity (Wildman–Crippen MR) is 94.8 cm³/mol. The van der Waals surface area contributed by atoms with Gasteiger partial charge in [-0.05, 0) is 49.2 Å². The van der Waals surface area contributed by atoms with Gasteiger partial charge >= 0.3 is 0 Å². The summed E-state index contributed by atoms with van der Waals surface area (Å²) in [5.74, 6) is 0.735. The molecule has 2 heterocycles. The predicted octanol–water partition coefficient (Wildman–Crippen LogP) is 3.85. The normalized spacial score (nSPS) is 15.6. The molecule has 0 atom stereocenters. The molecule has 2 aromatic carbocycles. The largest absolute Gasteiger partial charge is 0.382 e. The van der Waals surface area contributed by atoms with Gasteiger partial charge in [0.05, 0.1) is 17.2 Å². The first-order valence-electron chi connectivity index (χ1n) is 8.27. The molecule has 1 aliphatic rings. The standard InChI is InChI=1S/C19H19FN4/c20-14-5-7-15(8-6-14)22-16-9-11-24(12-10-16)19-13-21-17-3-1-2-4-18(17)23-19/h1-8,13,16,22H,9-12H2. The second kappa shape index (κ2) is 6.43. The van der Waals surface area contributed by atoms with Crippen LogP contribution in [0.5, 0.6) is 0 Å². The number of nitrogens with zero attached hydrogens (tertiary/aromatic N) is 3. The number of para-hydroxylation sites is 2. The molecule has 3 aromatic rings. The SMILES string of the molecule is Fc1ccc(NC2CCN(c3cnc4ccccc4n3)CC2)cc1. The third kappa shape index (κ3) is 3.15. The van der Waals surface area contributed by atoms with E-state index < -0.39 is 0 Å². The van der Waals surface area contributed by atoms with Gasteiger partial charge in [0.15, 0.2) is 0 Å². The number of rotatable bonds is 3. The van der Waals surface area contributed by atoms with Crippen LogP contribution in [0, 0.1) is 5.82 Å². The quantitative estimate of drug-likeness (QED) is 0.795. The van der Waals surface area contributed by atoms with E-state index >= 15 is 0 Å². The topological polar surface area (TPSA) is 41.0 Å². The first-order valence-corrected chi connectivity index (χ1v) is 8.27. The first-order chi connectivity index (χ1) is 11.8. The van der Waals surface area contributed by atoms with Crippen molar-refractivity contribution in [2.24, 2.45) is 0 Å². The van der Waals surface area contributed by atoms with E-state index in [0.29, 0.717) is 6.04 Å². The number of hydrogen-bond donors (Lipinski definition) is 1. The number of aromatic nitrogens is 2. The van der Waals surface area contributed by atoms with Gasteiger partial charge < -0.3 is 10.2 Å². The molecule has 0 unspecified atom stereocenters. The fraction of sp³-hybridized carbons (Fsp3) is 0.263. The van der Waals surface area contributed by atoms with Crippen LogP contribution in [0.15, 0.2) is 54.7 Å². The van der Waals surface area contributed by atoms with Gasteiger partial charge in [0.2, 0.25) is 0 Å². The lowest BCUT2D eigenvalue weighted by molar-refractivity contribution is 0.523. The van der Waals surface area contributed by atoms with Crippen LogP contribution in [0.4, 0.5) is 15.9 Å². The van der Waals surface area contributed by atoms with Gasteiger partial charge in [-0.25, -0.2) is 9.37 Å². The van der Waals surface area contributed by atoms with Crippen LogP contribution in [0.25, 0.3) is 11.0 Å². The van der Waals surface area contributed by atoms with Crippen molar-refractivity contribution in [1.82, 2.24) is 9.97 Å². The van der Waals surface area contributed by atoms with E-state index in [-0.39, 0.29) is 5.82 Å². The van der Waals surface area contributed by atoms with Crippen LogP contribution in [0.3, 0.4) is 0 Å². The Morgan fingerprint density at radius 1 is 0.958 bits per heavy atom. The van der Waals surface area contributed by atoms with Crippen molar-refractivity contribution in [3.8, 4) is 0 Å². The summed E-state index contributed by atoms with van der Waals surface area (Å²) in [5.41, 5.74) is 2.83. The zero-order valence-corrected chi connectivity index (χ0v) is 13.3. The highest BCUT2D eigenvalue weighted by atomic mass is 19.1. The van der Waals surface area contributed by atoms with E-state index in [1.54, 1.807) is 12.1 Å². The Morgan fingerprint density at radius 3 is 2.42 bits per heavy atom. The number of benzene rings is 2. The molecule has 1 aromatic heterocycles. The molecule has 1 saturated heterocycles. The van der Waals surface area contributed by atoms with Gasteiger partial charge in [-0.15, -0.1) is 0 Å². The Hall–Kier alpha value is -2.69. The molecule has 5 heteroatoms. The summed E-state index contributed by atoms with van der Waals surface area (Å²) in [4.78, 5) is 11.5. The number of halogens is 1. The highest BCUT2D eigenvalue weighted by molar-refractivity contribution is 5.75. The summed E-state index contributed by atoms with van der Waals surface area (Å²) >= 11 is 0. The number of fused-ring (bicyclic) bond motifs is 1. The summed E-state index contributed by atoms with van der Waals surface area (Å²) in [7, 11) is 0. The van der Waals surface area contributed by atoms with Crippen LogP contribution in [0.1, 0.15) is 12.8 Å². The molecule has 0 spiro atoms. The molecule has 4 rings (SSSR count). The Balaban J connectivity index is 1.40. The highest BCUT2D eigenvalue weighted by Crippen LogP contribution is 2.22. The molecule has 1 fully saturated rings. The van der Waals surface area contributed by atoms with Crippen LogP contribution < -0.4 is 10.2 Å². The zero-order chi connectivity index (χ0) is 16.4.